The van der Waals surface area contributed by atoms with E-state index >= 15 is 0 Å². The number of anilines is 1. The third-order valence-electron chi connectivity index (χ3n) is 16.6. The molecule has 1 saturated heterocycles. The molecule has 500 valence electrons. The van der Waals surface area contributed by atoms with Crippen LogP contribution in [0.25, 0.3) is 0 Å². The van der Waals surface area contributed by atoms with E-state index in [9.17, 15) is 43.2 Å². The topological polar surface area (TPSA) is 363 Å². The van der Waals surface area contributed by atoms with Crippen LogP contribution in [-0.4, -0.2) is 163 Å². The number of likely N-dealkylation sites (N-methyl/N-ethyl adjacent to an activating group) is 1. The molecule has 13 N–H and O–H groups in total. The van der Waals surface area contributed by atoms with Gasteiger partial charge in [0.25, 0.3) is 0 Å². The van der Waals surface area contributed by atoms with E-state index in [2.05, 4.69) is 42.2 Å². The molecule has 0 saturated carbocycles. The van der Waals surface area contributed by atoms with Crippen molar-refractivity contribution in [3.8, 4) is 0 Å². The minimum atomic E-state index is -1.58. The van der Waals surface area contributed by atoms with Gasteiger partial charge in [-0.05, 0) is 106 Å². The molecule has 0 unspecified atom stereocenters. The quantitative estimate of drug-likeness (QED) is 0.0347. The van der Waals surface area contributed by atoms with Gasteiger partial charge in [0.1, 0.15) is 35.3 Å². The van der Waals surface area contributed by atoms with Gasteiger partial charge < -0.3 is 78.4 Å². The van der Waals surface area contributed by atoms with Crippen LogP contribution >= 0.6 is 11.3 Å². The Morgan fingerprint density at radius 1 is 0.800 bits per heavy atom. The molecule has 1 fully saturated rings. The van der Waals surface area contributed by atoms with Crippen LogP contribution in [0, 0.1) is 23.7 Å². The first-order valence-electron chi connectivity index (χ1n) is 31.3. The average molecular weight is 1280 g/mol. The molecular formula is C64H101N13O12S. The van der Waals surface area contributed by atoms with Crippen LogP contribution in [0.3, 0.4) is 0 Å². The highest BCUT2D eigenvalue weighted by Gasteiger charge is 2.44. The van der Waals surface area contributed by atoms with Crippen LogP contribution in [0.15, 0.2) is 66.2 Å². The van der Waals surface area contributed by atoms with E-state index in [1.54, 1.807) is 82.1 Å². The van der Waals surface area contributed by atoms with Crippen molar-refractivity contribution in [2.24, 2.45) is 40.9 Å². The number of nitrogens with zero attached hydrogens (tertiary/aromatic N) is 3. The van der Waals surface area contributed by atoms with Gasteiger partial charge in [-0.25, -0.2) is 14.6 Å². The van der Waals surface area contributed by atoms with E-state index in [4.69, 9.17) is 31.4 Å². The maximum Gasteiger partial charge on any atom is 0.408 e. The van der Waals surface area contributed by atoms with E-state index in [0.717, 1.165) is 10.6 Å². The number of likely N-dealkylation sites (tertiary alicyclic amines) is 1. The molecule has 1 aliphatic heterocycles. The molecule has 0 radical (unpaired) electrons. The molecule has 11 atom stereocenters. The number of nitrogens with one attached hydrogen (secondary N) is 7. The predicted molar refractivity (Wildman–Crippen MR) is 345 cm³/mol. The highest BCUT2D eigenvalue weighted by Crippen LogP contribution is 2.31. The second-order valence-corrected chi connectivity index (χ2v) is 25.5. The molecular weight excluding hydrogens is 1170 g/mol. The zero-order valence-electron chi connectivity index (χ0n) is 54.6. The molecule has 0 bridgehead atoms. The van der Waals surface area contributed by atoms with Crippen LogP contribution in [0.4, 0.5) is 15.3 Å². The van der Waals surface area contributed by atoms with Crippen LogP contribution in [-0.2, 0) is 60.8 Å². The van der Waals surface area contributed by atoms with Crippen molar-refractivity contribution < 1.29 is 57.4 Å². The number of amides is 10. The summed E-state index contributed by atoms with van der Waals surface area (Å²) in [4.78, 5) is 130. The molecule has 90 heavy (non-hydrogen) atoms. The zero-order chi connectivity index (χ0) is 66.8. The fraction of sp³-hybridized carbons (Fsp3) is 0.625. The van der Waals surface area contributed by atoms with Crippen LogP contribution in [0.2, 0.25) is 0 Å². The predicted octanol–water partition coefficient (Wildman–Crippen LogP) is 4.78. The van der Waals surface area contributed by atoms with Crippen molar-refractivity contribution in [1.82, 2.24) is 46.7 Å². The number of benzene rings is 2. The molecule has 26 heteroatoms. The molecule has 0 spiro atoms. The Balaban J connectivity index is 1.37. The van der Waals surface area contributed by atoms with Gasteiger partial charge in [0.15, 0.2) is 0 Å². The largest absolute Gasteiger partial charge is 0.445 e. The van der Waals surface area contributed by atoms with Crippen molar-refractivity contribution in [3.63, 3.8) is 0 Å². The van der Waals surface area contributed by atoms with E-state index in [1.807, 2.05) is 56.5 Å². The summed E-state index contributed by atoms with van der Waals surface area (Å²) in [6, 6.07) is 10.1. The SMILES string of the molecule is CC[C@H](C)[C@@H]([C@@H](CC(=O)N1CCC[C@H]1[C@H](OC)[C@@H](C)C(=O)N[C@@H](Cc1ccccc1)c1nccs1)OC)N(C)C(=O)[C@@H](NC(=O)C(C)(C)NC(=O)OCc1ccc(NC(=O)[C@H](CCCNC(N)=O)NC(=O)[C@@H](NC(=O)[C@@H](N)CCCCN)C(C)C)cc1)C(C)C. The zero-order valence-corrected chi connectivity index (χ0v) is 55.5. The lowest BCUT2D eigenvalue weighted by Crippen LogP contribution is -2.62. The standard InChI is InChI=1S/C64H101N13O12S/c1-13-40(6)53(49(87-11)36-50(78)77-33-20-25-48(77)54(88-12)41(7)55(79)72-47(59-68-32-34-90-59)35-42-21-15-14-16-22-42)76(10)60(83)52(39(4)5)74-61(84)64(8,9)75-63(86)89-37-43-26-28-44(29-27-43)70-57(81)46(24-19-31-69-62(67)85)71-58(82)51(38(2)3)73-56(80)45(66)23-17-18-30-65/h14-16,21-22,26-29,32,34,38-41,45-49,51-54H,13,17-20,23-25,30-31,33,35-37,65-66H2,1-12H3,(H,70,81)(H,71,82)(H,72,79)(H,73,80)(H,74,84)(H,75,86)(H3,67,69,85)/t40-,41+,45-,46-,47-,48-,49+,51-,52-,53-,54+/m0/s1. The number of hydrogen-bond acceptors (Lipinski definition) is 16. The van der Waals surface area contributed by atoms with Gasteiger partial charge in [0.05, 0.1) is 48.7 Å². The summed E-state index contributed by atoms with van der Waals surface area (Å²) in [5.74, 6) is -4.78. The van der Waals surface area contributed by atoms with Crippen molar-refractivity contribution in [3.05, 3.63) is 82.3 Å². The van der Waals surface area contributed by atoms with Crippen LogP contribution in [0.1, 0.15) is 142 Å². The van der Waals surface area contributed by atoms with E-state index in [-0.39, 0.29) is 62.1 Å². The highest BCUT2D eigenvalue weighted by molar-refractivity contribution is 7.09. The van der Waals surface area contributed by atoms with Crippen molar-refractivity contribution in [2.45, 2.75) is 193 Å². The van der Waals surface area contributed by atoms with Gasteiger partial charge in [-0.1, -0.05) is 104 Å². The maximum absolute atomic E-state index is 14.7. The third-order valence-corrected chi connectivity index (χ3v) is 17.4. The number of nitrogens with two attached hydrogens (primary N) is 3. The normalized spacial score (nSPS) is 16.6. The fourth-order valence-corrected chi connectivity index (χ4v) is 11.7. The first-order chi connectivity index (χ1) is 42.7. The van der Waals surface area contributed by atoms with Gasteiger partial charge in [-0.2, -0.15) is 0 Å². The van der Waals surface area contributed by atoms with Crippen molar-refractivity contribution >= 4 is 70.5 Å². The first kappa shape index (κ1) is 75.2. The minimum Gasteiger partial charge on any atom is -0.445 e. The molecule has 3 aromatic rings. The molecule has 1 aliphatic rings. The smallest absolute Gasteiger partial charge is 0.408 e. The second-order valence-electron chi connectivity index (χ2n) is 24.5. The number of thiazole rings is 1. The maximum atomic E-state index is 14.7. The summed E-state index contributed by atoms with van der Waals surface area (Å²) in [6.07, 6.45) is 3.92. The summed E-state index contributed by atoms with van der Waals surface area (Å²) in [5, 5.41) is 22.0. The van der Waals surface area contributed by atoms with Gasteiger partial charge in [-0.3, -0.25) is 33.6 Å². The number of carbonyl (C=O) groups is 9. The molecule has 10 amide bonds. The molecule has 2 aromatic carbocycles. The van der Waals surface area contributed by atoms with Crippen molar-refractivity contribution in [1.29, 1.82) is 0 Å². The lowest BCUT2D eigenvalue weighted by atomic mass is 9.89. The monoisotopic (exact) mass is 1280 g/mol. The number of aromatic nitrogens is 1. The molecule has 4 rings (SSSR count). The third kappa shape index (κ3) is 22.9. The Kier molecular flexibility index (Phi) is 31.1. The van der Waals surface area contributed by atoms with E-state index in [1.165, 1.54) is 32.3 Å². The second kappa shape index (κ2) is 37.2. The van der Waals surface area contributed by atoms with Crippen LogP contribution < -0.4 is 54.4 Å². The number of rotatable bonds is 37. The van der Waals surface area contributed by atoms with E-state index < -0.39 is 107 Å². The number of unbranched alkanes of at least 4 members (excludes halogenated alkanes) is 1. The average Bonchev–Trinajstić information content (AvgIpc) is 3.53. The molecule has 1 aromatic heterocycles. The Morgan fingerprint density at radius 2 is 1.48 bits per heavy atom. The number of ether oxygens (including phenoxy) is 3. The molecule has 0 aliphatic carbocycles. The van der Waals surface area contributed by atoms with Crippen molar-refractivity contribution in [2.75, 3.05) is 46.2 Å². The highest BCUT2D eigenvalue weighted by atomic mass is 32.1. The summed E-state index contributed by atoms with van der Waals surface area (Å²) < 4.78 is 17.7. The van der Waals surface area contributed by atoms with Gasteiger partial charge >= 0.3 is 12.1 Å². The molecule has 25 nitrogen and oxygen atoms in total. The number of primary amides is 1. The molecule has 2 heterocycles. The summed E-state index contributed by atoms with van der Waals surface area (Å²) in [7, 11) is 4.70. The lowest BCUT2D eigenvalue weighted by Gasteiger charge is -2.41. The Hall–Kier alpha value is -7.26. The van der Waals surface area contributed by atoms with E-state index in [0.29, 0.717) is 69.3 Å². The minimum absolute atomic E-state index is 0.0728. The first-order valence-corrected chi connectivity index (χ1v) is 32.2. The number of carbonyl (C=O) groups excluding carboxylic acids is 9. The Morgan fingerprint density at radius 3 is 2.07 bits per heavy atom. The van der Waals surface area contributed by atoms with Gasteiger partial charge in [-0.15, -0.1) is 11.3 Å². The summed E-state index contributed by atoms with van der Waals surface area (Å²) in [6.45, 7) is 16.6. The fourth-order valence-electron chi connectivity index (χ4n) is 11.0. The Labute approximate surface area is 534 Å². The van der Waals surface area contributed by atoms with Gasteiger partial charge in [0.2, 0.25) is 41.4 Å². The lowest BCUT2D eigenvalue weighted by molar-refractivity contribution is -0.148. The number of hydrogen-bond donors (Lipinski definition) is 10. The van der Waals surface area contributed by atoms with Gasteiger partial charge in [0, 0.05) is 51.6 Å². The summed E-state index contributed by atoms with van der Waals surface area (Å²) >= 11 is 1.47. The summed E-state index contributed by atoms with van der Waals surface area (Å²) in [5.41, 5.74) is 17.2. The number of alkyl carbamates (subject to hydrolysis) is 1. The Bertz CT molecular complexity index is 2780. The van der Waals surface area contributed by atoms with Crippen LogP contribution in [0.5, 0.6) is 0 Å². The number of urea groups is 1. The number of methoxy groups -OCH3 is 2.